The zero-order valence-electron chi connectivity index (χ0n) is 16.4. The Morgan fingerprint density at radius 2 is 1.79 bits per heavy atom. The summed E-state index contributed by atoms with van der Waals surface area (Å²) in [5.41, 5.74) is 9.94. The highest BCUT2D eigenvalue weighted by Crippen LogP contribution is 2.31. The molecule has 0 aliphatic heterocycles. The smallest absolute Gasteiger partial charge is 0.233 e. The van der Waals surface area contributed by atoms with Crippen LogP contribution in [-0.4, -0.2) is 33.6 Å². The van der Waals surface area contributed by atoms with Gasteiger partial charge in [0.2, 0.25) is 5.91 Å². The van der Waals surface area contributed by atoms with E-state index in [0.717, 1.165) is 22.4 Å². The van der Waals surface area contributed by atoms with Crippen LogP contribution in [-0.2, 0) is 17.8 Å². The van der Waals surface area contributed by atoms with Crippen LogP contribution < -0.4 is 5.73 Å². The molecule has 0 aliphatic rings. The highest BCUT2D eigenvalue weighted by molar-refractivity contribution is 7.99. The third-order valence-electron chi connectivity index (χ3n) is 4.47. The topological polar surface area (TPSA) is 72.1 Å². The second kappa shape index (κ2) is 9.76. The summed E-state index contributed by atoms with van der Waals surface area (Å²) in [5.74, 6) is 0.680. The van der Waals surface area contributed by atoms with Crippen molar-refractivity contribution in [3.63, 3.8) is 0 Å². The standard InChI is InChI=1S/C22H23ClN4OS/c1-3-18-20(16-9-11-17(23)12-10-16)21(24)26-22(25-18)29-14-19(28)27(2)13-15-7-5-4-6-8-15/h4-12H,3,13-14H2,1-2H3,(H2,24,25,26). The molecule has 5 nitrogen and oxygen atoms in total. The van der Waals surface area contributed by atoms with E-state index in [-0.39, 0.29) is 11.7 Å². The van der Waals surface area contributed by atoms with Crippen molar-refractivity contribution in [3.05, 3.63) is 70.9 Å². The van der Waals surface area contributed by atoms with Gasteiger partial charge in [0.05, 0.1) is 11.4 Å². The van der Waals surface area contributed by atoms with Gasteiger partial charge in [-0.15, -0.1) is 0 Å². The predicted molar refractivity (Wildman–Crippen MR) is 120 cm³/mol. The number of thioether (sulfide) groups is 1. The summed E-state index contributed by atoms with van der Waals surface area (Å²) in [6.45, 7) is 2.59. The third-order valence-corrected chi connectivity index (χ3v) is 5.56. The summed E-state index contributed by atoms with van der Waals surface area (Å²) in [4.78, 5) is 23.2. The van der Waals surface area contributed by atoms with Crippen molar-refractivity contribution in [2.24, 2.45) is 0 Å². The highest BCUT2D eigenvalue weighted by atomic mass is 35.5. The van der Waals surface area contributed by atoms with Gasteiger partial charge in [-0.2, -0.15) is 0 Å². The Bertz CT molecular complexity index is 980. The molecule has 2 aromatic carbocycles. The largest absolute Gasteiger partial charge is 0.383 e. The number of nitrogens with zero attached hydrogens (tertiary/aromatic N) is 3. The zero-order valence-corrected chi connectivity index (χ0v) is 18.0. The van der Waals surface area contributed by atoms with Gasteiger partial charge in [0.1, 0.15) is 5.82 Å². The van der Waals surface area contributed by atoms with Gasteiger partial charge < -0.3 is 10.6 Å². The van der Waals surface area contributed by atoms with Gasteiger partial charge in [-0.3, -0.25) is 4.79 Å². The van der Waals surface area contributed by atoms with Crippen molar-refractivity contribution in [2.45, 2.75) is 25.0 Å². The van der Waals surface area contributed by atoms with Crippen molar-refractivity contribution in [1.29, 1.82) is 0 Å². The molecule has 0 aliphatic carbocycles. The van der Waals surface area contributed by atoms with Crippen molar-refractivity contribution in [1.82, 2.24) is 14.9 Å². The number of benzene rings is 2. The molecule has 0 unspecified atom stereocenters. The van der Waals surface area contributed by atoms with Gasteiger partial charge in [0, 0.05) is 24.2 Å². The number of halogens is 1. The summed E-state index contributed by atoms with van der Waals surface area (Å²) < 4.78 is 0. The highest BCUT2D eigenvalue weighted by Gasteiger charge is 2.16. The lowest BCUT2D eigenvalue weighted by Crippen LogP contribution is -2.27. The molecule has 1 aromatic heterocycles. The minimum atomic E-state index is 0.0147. The molecule has 1 heterocycles. The number of amides is 1. The van der Waals surface area contributed by atoms with E-state index in [9.17, 15) is 4.79 Å². The van der Waals surface area contributed by atoms with E-state index in [0.29, 0.717) is 29.0 Å². The number of hydrogen-bond donors (Lipinski definition) is 1. The van der Waals surface area contributed by atoms with Crippen LogP contribution in [0.1, 0.15) is 18.2 Å². The zero-order chi connectivity index (χ0) is 20.8. The first-order valence-corrected chi connectivity index (χ1v) is 10.7. The quantitative estimate of drug-likeness (QED) is 0.438. The Balaban J connectivity index is 1.70. The fourth-order valence-electron chi connectivity index (χ4n) is 2.94. The van der Waals surface area contributed by atoms with Gasteiger partial charge >= 0.3 is 0 Å². The van der Waals surface area contributed by atoms with Gasteiger partial charge in [0.15, 0.2) is 5.16 Å². The van der Waals surface area contributed by atoms with Crippen LogP contribution in [0.3, 0.4) is 0 Å². The third kappa shape index (κ3) is 5.49. The number of carbonyl (C=O) groups excluding carboxylic acids is 1. The molecule has 1 amide bonds. The SMILES string of the molecule is CCc1nc(SCC(=O)N(C)Cc2ccccc2)nc(N)c1-c1ccc(Cl)cc1. The summed E-state index contributed by atoms with van der Waals surface area (Å²) in [6, 6.07) is 17.4. The number of anilines is 1. The Kier molecular flexibility index (Phi) is 7.12. The summed E-state index contributed by atoms with van der Waals surface area (Å²) >= 11 is 7.29. The summed E-state index contributed by atoms with van der Waals surface area (Å²) in [6.07, 6.45) is 0.708. The minimum Gasteiger partial charge on any atom is -0.383 e. The molecular weight excluding hydrogens is 404 g/mol. The second-order valence-corrected chi connectivity index (χ2v) is 7.98. The van der Waals surface area contributed by atoms with Crippen molar-refractivity contribution in [3.8, 4) is 11.1 Å². The van der Waals surface area contributed by atoms with Crippen LogP contribution in [0.5, 0.6) is 0 Å². The van der Waals surface area contributed by atoms with Crippen LogP contribution in [0.15, 0.2) is 59.8 Å². The van der Waals surface area contributed by atoms with Crippen LogP contribution in [0.25, 0.3) is 11.1 Å². The van der Waals surface area contributed by atoms with Gasteiger partial charge in [-0.25, -0.2) is 9.97 Å². The number of nitrogen functional groups attached to an aromatic ring is 1. The lowest BCUT2D eigenvalue weighted by molar-refractivity contribution is -0.127. The van der Waals surface area contributed by atoms with Gasteiger partial charge in [-0.05, 0) is 29.7 Å². The Hall–Kier alpha value is -2.57. The van der Waals surface area contributed by atoms with Crippen LogP contribution in [0, 0.1) is 0 Å². The number of hydrogen-bond acceptors (Lipinski definition) is 5. The summed E-state index contributed by atoms with van der Waals surface area (Å²) in [5, 5.41) is 1.18. The molecule has 7 heteroatoms. The Labute approximate surface area is 180 Å². The molecule has 0 saturated heterocycles. The van der Waals surface area contributed by atoms with Gasteiger partial charge in [0.25, 0.3) is 0 Å². The maximum atomic E-state index is 12.5. The number of carbonyl (C=O) groups is 1. The average Bonchev–Trinajstić information content (AvgIpc) is 2.73. The monoisotopic (exact) mass is 426 g/mol. The second-order valence-electron chi connectivity index (χ2n) is 6.60. The van der Waals surface area contributed by atoms with Crippen molar-refractivity contribution in [2.75, 3.05) is 18.5 Å². The van der Waals surface area contributed by atoms with Crippen LogP contribution in [0.4, 0.5) is 5.82 Å². The molecule has 0 fully saturated rings. The number of aryl methyl sites for hydroxylation is 1. The maximum Gasteiger partial charge on any atom is 0.233 e. The van der Waals surface area contributed by atoms with E-state index in [2.05, 4.69) is 9.97 Å². The molecule has 0 spiro atoms. The van der Waals surface area contributed by atoms with Gasteiger partial charge in [-0.1, -0.05) is 72.8 Å². The lowest BCUT2D eigenvalue weighted by Gasteiger charge is -2.17. The van der Waals surface area contributed by atoms with Crippen LogP contribution >= 0.6 is 23.4 Å². The number of nitrogens with two attached hydrogens (primary N) is 1. The molecule has 3 rings (SSSR count). The Morgan fingerprint density at radius 3 is 2.45 bits per heavy atom. The van der Waals surface area contributed by atoms with Crippen molar-refractivity contribution < 1.29 is 4.79 Å². The first kappa shape index (κ1) is 21.1. The lowest BCUT2D eigenvalue weighted by atomic mass is 10.0. The normalized spacial score (nSPS) is 10.7. The van der Waals surface area contributed by atoms with Crippen molar-refractivity contribution >= 4 is 35.1 Å². The fraction of sp³-hybridized carbons (Fsp3) is 0.227. The summed E-state index contributed by atoms with van der Waals surface area (Å²) in [7, 11) is 1.80. The first-order chi connectivity index (χ1) is 14.0. The molecule has 3 aromatic rings. The number of aromatic nitrogens is 2. The minimum absolute atomic E-state index is 0.0147. The molecule has 2 N–H and O–H groups in total. The molecule has 150 valence electrons. The first-order valence-electron chi connectivity index (χ1n) is 9.31. The van der Waals surface area contributed by atoms with E-state index in [4.69, 9.17) is 17.3 Å². The van der Waals surface area contributed by atoms with E-state index < -0.39 is 0 Å². The van der Waals surface area contributed by atoms with E-state index in [1.807, 2.05) is 61.5 Å². The predicted octanol–water partition coefficient (Wildman–Crippen LogP) is 4.69. The maximum absolute atomic E-state index is 12.5. The molecule has 0 saturated carbocycles. The molecule has 0 bridgehead atoms. The molecule has 0 atom stereocenters. The molecular formula is C22H23ClN4OS. The average molecular weight is 427 g/mol. The molecule has 0 radical (unpaired) electrons. The van der Waals surface area contributed by atoms with Crippen LogP contribution in [0.2, 0.25) is 5.02 Å². The molecule has 29 heavy (non-hydrogen) atoms. The fourth-order valence-corrected chi connectivity index (χ4v) is 3.87. The van der Waals surface area contributed by atoms with E-state index in [1.54, 1.807) is 11.9 Å². The number of rotatable bonds is 7. The van der Waals surface area contributed by atoms with E-state index >= 15 is 0 Å². The Morgan fingerprint density at radius 1 is 1.10 bits per heavy atom. The van der Waals surface area contributed by atoms with E-state index in [1.165, 1.54) is 11.8 Å².